The molecule has 0 aliphatic carbocycles. The van der Waals surface area contributed by atoms with Gasteiger partial charge in [-0.2, -0.15) is 25.3 Å². The van der Waals surface area contributed by atoms with Crippen LogP contribution in [0.25, 0.3) is 89.7 Å². The Bertz CT molecular complexity index is 5250. The first-order valence-corrected chi connectivity index (χ1v) is 35.3. The van der Waals surface area contributed by atoms with E-state index in [1.54, 1.807) is 4.72 Å². The first-order chi connectivity index (χ1) is 36.5. The Morgan fingerprint density at radius 1 is 0.412 bits per heavy atom. The quantitative estimate of drug-likeness (QED) is 0.0487. The summed E-state index contributed by atoms with van der Waals surface area (Å²) >= 11 is 0. The number of H-pyrrole nitrogens is 2. The van der Waals surface area contributed by atoms with E-state index in [4.69, 9.17) is 15.4 Å². The standard InChI is InChI=1S/C37H33N13O21S9/c1-72(51,52)24-9-18-21(12-27(24)78(65,66)41-4-6-73(53,54)55)35-45-31-17-8-15(75(38,59)60)2-3-16(17)30(43-31)44-37-23-14-29(80(69,70)71)26(77(40,63)64)11-20(23)34(50-37)49-36-22-13-28(79(67,68)42-5-7-74(56,57)58)25(76(39,61)62)10-19(22)33(48-36)46-32(18)47-35/h2-3,8-14,41-42H,4-7H2,1H3,(H2,38,59,60)(H2,39,61,62)(H2,40,63,64)(H,53,54,55)(H,56,57,58)(H,69,70,71)(H2,43,44,45,46,47,48,49,50). The zero-order valence-electron chi connectivity index (χ0n) is 39.3. The first-order valence-electron chi connectivity index (χ1n) is 21.2. The van der Waals surface area contributed by atoms with Gasteiger partial charge in [0, 0.05) is 63.1 Å². The Morgan fingerprint density at radius 3 is 1.12 bits per heavy atom. The topological polar surface area (TPSA) is 579 Å². The van der Waals surface area contributed by atoms with Crippen molar-refractivity contribution in [2.45, 2.75) is 34.3 Å². The minimum absolute atomic E-state index is 0.0817. The van der Waals surface area contributed by atoms with Gasteiger partial charge in [0.15, 0.2) is 33.1 Å². The van der Waals surface area contributed by atoms with E-state index >= 15 is 0 Å². The number of aromatic amines is 2. The molecule has 2 aliphatic heterocycles. The number of primary sulfonamides is 3. The Hall–Kier alpha value is -6.53. The molecule has 43 heteroatoms. The van der Waals surface area contributed by atoms with Crippen molar-refractivity contribution < 1.29 is 89.4 Å². The molecule has 5 heterocycles. The van der Waals surface area contributed by atoms with Crippen LogP contribution < -0.4 is 24.9 Å². The van der Waals surface area contributed by atoms with Crippen molar-refractivity contribution in [1.29, 1.82) is 0 Å². The van der Waals surface area contributed by atoms with Gasteiger partial charge in [-0.05, 0) is 54.6 Å². The summed E-state index contributed by atoms with van der Waals surface area (Å²) in [5, 5.41) is 14.8. The van der Waals surface area contributed by atoms with E-state index < -0.39 is 217 Å². The summed E-state index contributed by atoms with van der Waals surface area (Å²) in [4.78, 5) is 24.7. The molecular weight excluding hydrogens is 1250 g/mol. The third kappa shape index (κ3) is 11.4. The summed E-state index contributed by atoms with van der Waals surface area (Å²) in [7, 11) is -45.0. The molecule has 0 saturated carbocycles. The predicted molar refractivity (Wildman–Crippen MR) is 276 cm³/mol. The lowest BCUT2D eigenvalue weighted by molar-refractivity contribution is 0.478. The maximum Gasteiger partial charge on any atom is 0.295 e. The number of nitrogens with one attached hydrogen (secondary N) is 4. The van der Waals surface area contributed by atoms with Gasteiger partial charge < -0.3 is 9.97 Å². The van der Waals surface area contributed by atoms with Gasteiger partial charge in [-0.15, -0.1) is 0 Å². The number of sulfonamides is 5. The number of hydrogen-bond donors (Lipinski definition) is 10. The molecular formula is C37H33N13O21S9. The maximum absolute atomic E-state index is 13.9. The molecule has 0 spiro atoms. The third-order valence-corrected chi connectivity index (χ3v) is 21.2. The van der Waals surface area contributed by atoms with Crippen LogP contribution in [0.3, 0.4) is 0 Å². The van der Waals surface area contributed by atoms with Gasteiger partial charge >= 0.3 is 0 Å². The lowest BCUT2D eigenvalue weighted by Gasteiger charge is -2.12. The lowest BCUT2D eigenvalue weighted by Crippen LogP contribution is -2.30. The normalized spacial score (nSPS) is 13.9. The number of hydrogen-bond acceptors (Lipinski definition) is 24. The van der Waals surface area contributed by atoms with Crippen molar-refractivity contribution >= 4 is 134 Å². The number of benzene rings is 4. The van der Waals surface area contributed by atoms with Crippen LogP contribution in [-0.2, 0) is 90.3 Å². The zero-order chi connectivity index (χ0) is 59.0. The predicted octanol–water partition coefficient (Wildman–Crippen LogP) is -2.21. The molecule has 0 unspecified atom stereocenters. The van der Waals surface area contributed by atoms with Gasteiger partial charge in [-0.25, -0.2) is 105 Å². The fourth-order valence-corrected chi connectivity index (χ4v) is 16.6. The number of nitrogens with zero attached hydrogens (tertiary/aromatic N) is 6. The van der Waals surface area contributed by atoms with Crippen LogP contribution in [0.15, 0.2) is 88.9 Å². The van der Waals surface area contributed by atoms with Crippen molar-refractivity contribution in [3.8, 4) is 45.6 Å². The van der Waals surface area contributed by atoms with E-state index in [2.05, 4.69) is 39.9 Å². The van der Waals surface area contributed by atoms with Crippen LogP contribution in [0, 0.1) is 0 Å². The molecule has 9 rings (SSSR count). The van der Waals surface area contributed by atoms with Gasteiger partial charge in [0.05, 0.1) is 21.3 Å². The number of aromatic nitrogens is 8. The zero-order valence-corrected chi connectivity index (χ0v) is 46.7. The van der Waals surface area contributed by atoms with Crippen LogP contribution in [0.2, 0.25) is 0 Å². The summed E-state index contributed by atoms with van der Waals surface area (Å²) in [6.07, 6.45) is 0.582. The highest BCUT2D eigenvalue weighted by Gasteiger charge is 2.34. The van der Waals surface area contributed by atoms with Crippen molar-refractivity contribution in [2.75, 3.05) is 30.9 Å². The first kappa shape index (κ1) is 58.1. The van der Waals surface area contributed by atoms with Crippen LogP contribution in [0.4, 0.5) is 0 Å². The summed E-state index contributed by atoms with van der Waals surface area (Å²) in [5.74, 6) is -4.71. The van der Waals surface area contributed by atoms with Crippen LogP contribution in [-0.4, -0.2) is 160 Å². The van der Waals surface area contributed by atoms with Gasteiger partial charge in [-0.1, -0.05) is 0 Å². The minimum Gasteiger partial charge on any atom is -0.324 e. The molecule has 4 aromatic carbocycles. The molecule has 0 saturated heterocycles. The number of nitrogens with two attached hydrogens (primary N) is 3. The second kappa shape index (κ2) is 19.0. The Kier molecular flexibility index (Phi) is 13.8. The molecule has 0 fully saturated rings. The molecule has 80 heavy (non-hydrogen) atoms. The number of fused-ring (bicyclic) bond motifs is 20. The monoisotopic (exact) mass is 1280 g/mol. The summed E-state index contributed by atoms with van der Waals surface area (Å²) in [6.45, 7) is -2.04. The van der Waals surface area contributed by atoms with Gasteiger partial charge in [0.1, 0.15) is 47.1 Å². The molecule has 2 aliphatic rings. The van der Waals surface area contributed by atoms with Gasteiger partial charge in [0.25, 0.3) is 30.4 Å². The van der Waals surface area contributed by atoms with Crippen molar-refractivity contribution in [2.24, 2.45) is 15.4 Å². The van der Waals surface area contributed by atoms with Crippen LogP contribution in [0.1, 0.15) is 0 Å². The average molecular weight is 1280 g/mol. The molecule has 34 nitrogen and oxygen atoms in total. The van der Waals surface area contributed by atoms with Crippen molar-refractivity contribution in [1.82, 2.24) is 49.3 Å². The Morgan fingerprint density at radius 2 is 0.750 bits per heavy atom. The van der Waals surface area contributed by atoms with E-state index in [1.165, 1.54) is 0 Å². The maximum atomic E-state index is 13.9. The van der Waals surface area contributed by atoms with Crippen LogP contribution >= 0.6 is 0 Å². The van der Waals surface area contributed by atoms with Gasteiger partial charge in [0.2, 0.25) is 50.1 Å². The van der Waals surface area contributed by atoms with E-state index in [9.17, 15) is 89.4 Å². The van der Waals surface area contributed by atoms with E-state index in [-0.39, 0.29) is 21.9 Å². The molecule has 0 amide bonds. The largest absolute Gasteiger partial charge is 0.324 e. The van der Waals surface area contributed by atoms with Crippen LogP contribution in [0.5, 0.6) is 0 Å². The van der Waals surface area contributed by atoms with Crippen molar-refractivity contribution in [3.05, 3.63) is 54.6 Å². The highest BCUT2D eigenvalue weighted by atomic mass is 32.2. The average Bonchev–Trinajstić information content (AvgIpc) is 4.02. The minimum atomic E-state index is -5.50. The van der Waals surface area contributed by atoms with E-state index in [1.807, 2.05) is 4.72 Å². The summed E-state index contributed by atoms with van der Waals surface area (Å²) in [5.41, 5.74) is -3.39. The smallest absolute Gasteiger partial charge is 0.295 e. The molecule has 0 atom stereocenters. The highest BCUT2D eigenvalue weighted by Crippen LogP contribution is 2.42. The highest BCUT2D eigenvalue weighted by molar-refractivity contribution is 7.94. The Labute approximate surface area is 450 Å². The fourth-order valence-electron chi connectivity index (χ4n) is 8.09. The Balaban J connectivity index is 1.52. The van der Waals surface area contributed by atoms with Gasteiger partial charge in [-0.3, -0.25) is 13.7 Å². The SMILES string of the molecule is CS(=O)(=O)c1cc2c3nc4nc(nc5[nH]c(nc6nc(nc([nH]3)c2cc1S(=O)(=O)NCCS(=O)(=O)O)-c1cc(S(N)(=O)=O)ccc1-6)c1cc(S(=O)(=O)O)c(S(N)(=O)=O)cc51)-c1cc(S(=O)(=O)NCCS(=O)(=O)O)c(S(N)(=O)=O)cc1-4. The molecule has 8 bridgehead atoms. The van der Waals surface area contributed by atoms with Crippen molar-refractivity contribution in [3.63, 3.8) is 0 Å². The molecule has 13 N–H and O–H groups in total. The third-order valence-electron chi connectivity index (χ3n) is 11.5. The molecule has 0 radical (unpaired) electrons. The van der Waals surface area contributed by atoms with E-state index in [0.29, 0.717) is 30.5 Å². The number of sulfone groups is 1. The van der Waals surface area contributed by atoms with E-state index in [0.717, 1.165) is 30.3 Å². The lowest BCUT2D eigenvalue weighted by atomic mass is 10.1. The molecule has 7 aromatic rings. The molecule has 3 aromatic heterocycles. The molecule has 426 valence electrons. The second-order valence-corrected chi connectivity index (χ2v) is 31.7. The summed E-state index contributed by atoms with van der Waals surface area (Å²) in [6, 6.07) is 7.06. The second-order valence-electron chi connectivity index (χ2n) is 17.1. The summed E-state index contributed by atoms with van der Waals surface area (Å²) < 4.78 is 265. The number of rotatable bonds is 15. The fraction of sp³-hybridized carbons (Fsp3) is 0.135.